The Kier molecular flexibility index (Phi) is 4.56. The van der Waals surface area contributed by atoms with Crippen LogP contribution in [0.15, 0.2) is 60.7 Å². The first-order valence-electron chi connectivity index (χ1n) is 8.86. The van der Waals surface area contributed by atoms with Crippen molar-refractivity contribution in [3.8, 4) is 11.1 Å². The van der Waals surface area contributed by atoms with E-state index in [0.717, 1.165) is 29.7 Å². The van der Waals surface area contributed by atoms with Gasteiger partial charge in [-0.25, -0.2) is 4.79 Å². The van der Waals surface area contributed by atoms with E-state index in [9.17, 15) is 19.7 Å². The number of hydrogen-bond donors (Lipinski definition) is 1. The molecular weight excluding hydrogens is 372 g/mol. The Morgan fingerprint density at radius 3 is 2.45 bits per heavy atom. The number of anilines is 1. The van der Waals surface area contributed by atoms with E-state index in [2.05, 4.69) is 22.2 Å². The van der Waals surface area contributed by atoms with Gasteiger partial charge in [-0.05, 0) is 46.9 Å². The summed E-state index contributed by atoms with van der Waals surface area (Å²) in [6, 6.07) is 17.2. The summed E-state index contributed by atoms with van der Waals surface area (Å²) >= 11 is 0. The molecule has 3 aromatic rings. The summed E-state index contributed by atoms with van der Waals surface area (Å²) in [5, 5.41) is 13.9. The molecule has 29 heavy (non-hydrogen) atoms. The van der Waals surface area contributed by atoms with E-state index in [-0.39, 0.29) is 16.8 Å². The van der Waals surface area contributed by atoms with Crippen LogP contribution in [-0.4, -0.2) is 23.9 Å². The summed E-state index contributed by atoms with van der Waals surface area (Å²) in [4.78, 5) is 35.0. The maximum absolute atomic E-state index is 12.7. The third kappa shape index (κ3) is 3.45. The molecular formula is C22H16N2O5. The van der Waals surface area contributed by atoms with Crippen LogP contribution in [-0.2, 0) is 11.2 Å². The fourth-order valence-corrected chi connectivity index (χ4v) is 3.51. The number of benzene rings is 3. The molecule has 0 fully saturated rings. The summed E-state index contributed by atoms with van der Waals surface area (Å²) in [5.74, 6) is -1.30. The first-order valence-corrected chi connectivity index (χ1v) is 8.86. The monoisotopic (exact) mass is 388 g/mol. The van der Waals surface area contributed by atoms with Crippen molar-refractivity contribution in [3.05, 3.63) is 93.0 Å². The van der Waals surface area contributed by atoms with Crippen LogP contribution >= 0.6 is 0 Å². The zero-order chi connectivity index (χ0) is 20.5. The maximum Gasteiger partial charge on any atom is 0.338 e. The van der Waals surface area contributed by atoms with Crippen LogP contribution in [0.1, 0.15) is 31.8 Å². The van der Waals surface area contributed by atoms with Gasteiger partial charge in [0.1, 0.15) is 0 Å². The molecule has 0 spiro atoms. The molecule has 3 aromatic carbocycles. The SMILES string of the molecule is COC(=O)c1cc(C(=O)Nc2ccc3c(c2)Cc2ccccc2-3)cc([N+](=O)[O-])c1. The number of methoxy groups -OCH3 is 1. The highest BCUT2D eigenvalue weighted by molar-refractivity contribution is 6.06. The van der Waals surface area contributed by atoms with E-state index in [4.69, 9.17) is 0 Å². The molecule has 0 aromatic heterocycles. The van der Waals surface area contributed by atoms with Crippen LogP contribution in [0.5, 0.6) is 0 Å². The molecule has 0 bridgehead atoms. The third-order valence-electron chi connectivity index (χ3n) is 4.86. The Balaban J connectivity index is 1.62. The van der Waals surface area contributed by atoms with Crippen molar-refractivity contribution in [2.24, 2.45) is 0 Å². The molecule has 1 aliphatic rings. The van der Waals surface area contributed by atoms with Crippen LogP contribution in [0.4, 0.5) is 11.4 Å². The maximum atomic E-state index is 12.7. The van der Waals surface area contributed by atoms with Gasteiger partial charge >= 0.3 is 5.97 Å². The van der Waals surface area contributed by atoms with Gasteiger partial charge in [0, 0.05) is 23.4 Å². The van der Waals surface area contributed by atoms with Gasteiger partial charge in [0.2, 0.25) is 0 Å². The summed E-state index contributed by atoms with van der Waals surface area (Å²) in [5.41, 5.74) is 4.80. The average molecular weight is 388 g/mol. The molecule has 1 amide bonds. The van der Waals surface area contributed by atoms with Crippen molar-refractivity contribution < 1.29 is 19.2 Å². The molecule has 0 unspecified atom stereocenters. The highest BCUT2D eigenvalue weighted by Gasteiger charge is 2.20. The number of non-ortho nitro benzene ring substituents is 1. The molecule has 144 valence electrons. The Bertz CT molecular complexity index is 1170. The molecule has 0 aliphatic heterocycles. The van der Waals surface area contributed by atoms with Gasteiger partial charge in [-0.3, -0.25) is 14.9 Å². The molecule has 1 N–H and O–H groups in total. The van der Waals surface area contributed by atoms with Crippen molar-refractivity contribution in [1.29, 1.82) is 0 Å². The van der Waals surface area contributed by atoms with E-state index < -0.39 is 16.8 Å². The number of amides is 1. The minimum atomic E-state index is -0.752. The number of nitrogens with one attached hydrogen (secondary N) is 1. The summed E-state index contributed by atoms with van der Waals surface area (Å²) in [6.07, 6.45) is 0.776. The lowest BCUT2D eigenvalue weighted by atomic mass is 10.1. The topological polar surface area (TPSA) is 98.5 Å². The van der Waals surface area contributed by atoms with Gasteiger partial charge in [-0.2, -0.15) is 0 Å². The number of carbonyl (C=O) groups is 2. The number of rotatable bonds is 4. The van der Waals surface area contributed by atoms with Crippen LogP contribution in [0, 0.1) is 10.1 Å². The highest BCUT2D eigenvalue weighted by atomic mass is 16.6. The van der Waals surface area contributed by atoms with Crippen molar-refractivity contribution in [2.75, 3.05) is 12.4 Å². The molecule has 1 aliphatic carbocycles. The number of esters is 1. The number of ether oxygens (including phenoxy) is 1. The average Bonchev–Trinajstić information content (AvgIpc) is 3.10. The minimum absolute atomic E-state index is 0.00313. The number of carbonyl (C=O) groups excluding carboxylic acids is 2. The molecule has 0 atom stereocenters. The van der Waals surface area contributed by atoms with Crippen molar-refractivity contribution in [2.45, 2.75) is 6.42 Å². The highest BCUT2D eigenvalue weighted by Crippen LogP contribution is 2.37. The Morgan fingerprint density at radius 2 is 1.69 bits per heavy atom. The molecule has 0 saturated heterocycles. The largest absolute Gasteiger partial charge is 0.465 e. The van der Waals surface area contributed by atoms with E-state index in [1.54, 1.807) is 6.07 Å². The lowest BCUT2D eigenvalue weighted by molar-refractivity contribution is -0.384. The number of nitro groups is 1. The lowest BCUT2D eigenvalue weighted by Crippen LogP contribution is -2.14. The lowest BCUT2D eigenvalue weighted by Gasteiger charge is -2.09. The quantitative estimate of drug-likeness (QED) is 0.321. The first kappa shape index (κ1) is 18.4. The van der Waals surface area contributed by atoms with Crippen LogP contribution in [0.3, 0.4) is 0 Å². The van der Waals surface area contributed by atoms with E-state index in [1.807, 2.05) is 24.3 Å². The minimum Gasteiger partial charge on any atom is -0.465 e. The van der Waals surface area contributed by atoms with Gasteiger partial charge in [-0.1, -0.05) is 30.3 Å². The second-order valence-electron chi connectivity index (χ2n) is 6.68. The van der Waals surface area contributed by atoms with Crippen LogP contribution in [0.25, 0.3) is 11.1 Å². The normalized spacial score (nSPS) is 11.3. The molecule has 7 nitrogen and oxygen atoms in total. The predicted molar refractivity (Wildman–Crippen MR) is 107 cm³/mol. The Morgan fingerprint density at radius 1 is 0.966 bits per heavy atom. The number of nitrogens with zero attached hydrogens (tertiary/aromatic N) is 1. The van der Waals surface area contributed by atoms with Gasteiger partial charge in [-0.15, -0.1) is 0 Å². The molecule has 0 saturated carbocycles. The Labute approximate surface area is 166 Å². The van der Waals surface area contributed by atoms with Crippen molar-refractivity contribution in [1.82, 2.24) is 0 Å². The van der Waals surface area contributed by atoms with Crippen LogP contribution < -0.4 is 5.32 Å². The van der Waals surface area contributed by atoms with E-state index in [0.29, 0.717) is 5.69 Å². The smallest absolute Gasteiger partial charge is 0.338 e. The van der Waals surface area contributed by atoms with Gasteiger partial charge < -0.3 is 10.1 Å². The summed E-state index contributed by atoms with van der Waals surface area (Å²) in [6.45, 7) is 0. The second kappa shape index (κ2) is 7.20. The van der Waals surface area contributed by atoms with Crippen molar-refractivity contribution >= 4 is 23.3 Å². The fourth-order valence-electron chi connectivity index (χ4n) is 3.51. The zero-order valence-corrected chi connectivity index (χ0v) is 15.5. The zero-order valence-electron chi connectivity index (χ0n) is 15.5. The first-order chi connectivity index (χ1) is 14.0. The molecule has 7 heteroatoms. The number of hydrogen-bond acceptors (Lipinski definition) is 5. The summed E-state index contributed by atoms with van der Waals surface area (Å²) in [7, 11) is 1.17. The fraction of sp³-hybridized carbons (Fsp3) is 0.0909. The standard InChI is InChI=1S/C22H16N2O5/c1-29-22(26)16-9-15(11-18(12-16)24(27)28)21(25)23-17-6-7-20-14(10-17)8-13-4-2-3-5-19(13)20/h2-7,9-12H,8H2,1H3,(H,23,25). The van der Waals surface area contributed by atoms with Crippen LogP contribution in [0.2, 0.25) is 0 Å². The predicted octanol–water partition coefficient (Wildman–Crippen LogP) is 4.20. The van der Waals surface area contributed by atoms with Crippen molar-refractivity contribution in [3.63, 3.8) is 0 Å². The van der Waals surface area contributed by atoms with Gasteiger partial charge in [0.25, 0.3) is 11.6 Å². The van der Waals surface area contributed by atoms with Gasteiger partial charge in [0.15, 0.2) is 0 Å². The second-order valence-corrected chi connectivity index (χ2v) is 6.68. The molecule has 0 heterocycles. The number of nitro benzene ring substituents is 1. The van der Waals surface area contributed by atoms with Gasteiger partial charge in [0.05, 0.1) is 17.6 Å². The number of fused-ring (bicyclic) bond motifs is 3. The summed E-state index contributed by atoms with van der Waals surface area (Å²) < 4.78 is 4.61. The molecule has 4 rings (SSSR count). The third-order valence-corrected chi connectivity index (χ3v) is 4.86. The molecule has 0 radical (unpaired) electrons. The van der Waals surface area contributed by atoms with E-state index in [1.165, 1.54) is 24.3 Å². The Hall–Kier alpha value is -4.00. The van der Waals surface area contributed by atoms with E-state index >= 15 is 0 Å².